The van der Waals surface area contributed by atoms with Gasteiger partial charge in [-0.15, -0.1) is 0 Å². The molecule has 196 valence electrons. The molecule has 2 unspecified atom stereocenters. The number of anilines is 1. The number of pyridine rings is 1. The van der Waals surface area contributed by atoms with Crippen LogP contribution in [0.15, 0.2) is 66.9 Å². The highest BCUT2D eigenvalue weighted by Crippen LogP contribution is 2.47. The van der Waals surface area contributed by atoms with Gasteiger partial charge in [-0.3, -0.25) is 4.98 Å². The highest BCUT2D eigenvalue weighted by molar-refractivity contribution is 7.80. The van der Waals surface area contributed by atoms with Gasteiger partial charge in [0.15, 0.2) is 5.11 Å². The van der Waals surface area contributed by atoms with Crippen molar-refractivity contribution in [3.8, 4) is 22.9 Å². The number of nitrogens with one attached hydrogen (secondary N) is 1. The summed E-state index contributed by atoms with van der Waals surface area (Å²) in [5, 5.41) is 4.73. The maximum absolute atomic E-state index is 6.41. The number of ether oxygens (including phenoxy) is 3. The highest BCUT2D eigenvalue weighted by Gasteiger charge is 2.43. The molecule has 38 heavy (non-hydrogen) atoms. The fourth-order valence-corrected chi connectivity index (χ4v) is 5.72. The van der Waals surface area contributed by atoms with Crippen molar-refractivity contribution >= 4 is 34.6 Å². The van der Waals surface area contributed by atoms with E-state index < -0.39 is 0 Å². The number of benzene rings is 2. The number of methoxy groups -OCH3 is 3. The Kier molecular flexibility index (Phi) is 7.19. The average Bonchev–Trinajstić information content (AvgIpc) is 3.43. The summed E-state index contributed by atoms with van der Waals surface area (Å²) in [5.74, 6) is 2.13. The molecule has 0 bridgehead atoms. The van der Waals surface area contributed by atoms with Gasteiger partial charge in [0, 0.05) is 28.7 Å². The fourth-order valence-electron chi connectivity index (χ4n) is 5.21. The van der Waals surface area contributed by atoms with E-state index in [2.05, 4.69) is 39.7 Å². The largest absolute Gasteiger partial charge is 0.497 e. The van der Waals surface area contributed by atoms with E-state index in [4.69, 9.17) is 38.0 Å². The SMILES string of the molecule is COc1ccc(OC)c(N2C(=S)NC(c3ccccn3)C2c2cc(C)n(-c3cc(Cl)ccc3OC)c2C)c1. The van der Waals surface area contributed by atoms with E-state index in [0.29, 0.717) is 21.6 Å². The molecule has 7 nitrogen and oxygen atoms in total. The number of rotatable bonds is 7. The first-order chi connectivity index (χ1) is 18.4. The molecule has 5 rings (SSSR count). The Balaban J connectivity index is 1.74. The lowest BCUT2D eigenvalue weighted by molar-refractivity contribution is 0.403. The Morgan fingerprint density at radius 2 is 1.63 bits per heavy atom. The van der Waals surface area contributed by atoms with Crippen molar-refractivity contribution in [3.05, 3.63) is 94.5 Å². The molecule has 2 aromatic heterocycles. The van der Waals surface area contributed by atoms with Gasteiger partial charge in [-0.25, -0.2) is 0 Å². The number of halogens is 1. The van der Waals surface area contributed by atoms with Crippen molar-refractivity contribution in [1.82, 2.24) is 14.9 Å². The minimum Gasteiger partial charge on any atom is -0.497 e. The van der Waals surface area contributed by atoms with E-state index in [1.54, 1.807) is 27.5 Å². The van der Waals surface area contributed by atoms with Crippen LogP contribution in [0.5, 0.6) is 17.2 Å². The first kappa shape index (κ1) is 25.9. The van der Waals surface area contributed by atoms with Crippen LogP contribution in [-0.4, -0.2) is 36.0 Å². The maximum atomic E-state index is 6.41. The van der Waals surface area contributed by atoms with Crippen molar-refractivity contribution in [1.29, 1.82) is 0 Å². The lowest BCUT2D eigenvalue weighted by Gasteiger charge is -2.29. The van der Waals surface area contributed by atoms with E-state index in [1.807, 2.05) is 54.6 Å². The predicted octanol–water partition coefficient (Wildman–Crippen LogP) is 6.35. The Hall–Kier alpha value is -3.75. The molecule has 1 fully saturated rings. The lowest BCUT2D eigenvalue weighted by atomic mass is 9.96. The fraction of sp³-hybridized carbons (Fsp3) is 0.241. The molecule has 0 spiro atoms. The molecule has 0 radical (unpaired) electrons. The number of nitrogens with zero attached hydrogens (tertiary/aromatic N) is 3. The summed E-state index contributed by atoms with van der Waals surface area (Å²) in [7, 11) is 4.96. The van der Waals surface area contributed by atoms with Gasteiger partial charge in [0.25, 0.3) is 0 Å². The van der Waals surface area contributed by atoms with E-state index in [0.717, 1.165) is 39.8 Å². The summed E-state index contributed by atoms with van der Waals surface area (Å²) < 4.78 is 19.2. The van der Waals surface area contributed by atoms with Crippen LogP contribution in [0.3, 0.4) is 0 Å². The molecule has 2 aromatic carbocycles. The number of aromatic nitrogens is 2. The Morgan fingerprint density at radius 3 is 2.32 bits per heavy atom. The first-order valence-corrected chi connectivity index (χ1v) is 12.9. The van der Waals surface area contributed by atoms with Crippen molar-refractivity contribution in [2.75, 3.05) is 26.2 Å². The van der Waals surface area contributed by atoms with E-state index in [9.17, 15) is 0 Å². The van der Waals surface area contributed by atoms with Crippen LogP contribution in [0.1, 0.15) is 34.7 Å². The lowest BCUT2D eigenvalue weighted by Crippen LogP contribution is -2.30. The highest BCUT2D eigenvalue weighted by atomic mass is 35.5. The monoisotopic (exact) mass is 548 g/mol. The standard InChI is InChI=1S/C29H29ClN4O3S/c1-17-14-21(18(2)33(17)23-15-19(30)9-11-25(23)36-4)28-27(22-8-6-7-13-31-22)32-29(38)34(28)24-16-20(35-3)10-12-26(24)37-5/h6-16,27-28H,1-5H3,(H,32,38). The van der Waals surface area contributed by atoms with E-state index in [1.165, 1.54) is 0 Å². The summed E-state index contributed by atoms with van der Waals surface area (Å²) in [6, 6.07) is 19.0. The molecule has 2 atom stereocenters. The molecule has 0 amide bonds. The molecule has 9 heteroatoms. The second kappa shape index (κ2) is 10.6. The molecule has 1 saturated heterocycles. The molecule has 0 saturated carbocycles. The molecule has 1 aliphatic heterocycles. The molecule has 1 N–H and O–H groups in total. The van der Waals surface area contributed by atoms with Crippen molar-refractivity contribution < 1.29 is 14.2 Å². The van der Waals surface area contributed by atoms with Crippen LogP contribution in [0.4, 0.5) is 5.69 Å². The topological polar surface area (TPSA) is 60.8 Å². The van der Waals surface area contributed by atoms with Crippen LogP contribution < -0.4 is 24.4 Å². The van der Waals surface area contributed by atoms with Crippen LogP contribution in [-0.2, 0) is 0 Å². The van der Waals surface area contributed by atoms with Crippen molar-refractivity contribution in [3.63, 3.8) is 0 Å². The van der Waals surface area contributed by atoms with Gasteiger partial charge in [-0.05, 0) is 80.2 Å². The van der Waals surface area contributed by atoms with Crippen molar-refractivity contribution in [2.45, 2.75) is 25.9 Å². The summed E-state index contributed by atoms with van der Waals surface area (Å²) in [6.45, 7) is 4.17. The summed E-state index contributed by atoms with van der Waals surface area (Å²) >= 11 is 12.4. The zero-order chi connectivity index (χ0) is 27.0. The molecular weight excluding hydrogens is 520 g/mol. The zero-order valence-electron chi connectivity index (χ0n) is 21.9. The molecular formula is C29H29ClN4O3S. The summed E-state index contributed by atoms with van der Waals surface area (Å²) in [6.07, 6.45) is 1.80. The quantitative estimate of drug-likeness (QED) is 0.270. The molecule has 4 aromatic rings. The molecule has 3 heterocycles. The third kappa shape index (κ3) is 4.44. The smallest absolute Gasteiger partial charge is 0.174 e. The Morgan fingerprint density at radius 1 is 0.895 bits per heavy atom. The third-order valence-corrected chi connectivity index (χ3v) is 7.46. The van der Waals surface area contributed by atoms with Crippen LogP contribution in [0.2, 0.25) is 5.02 Å². The van der Waals surface area contributed by atoms with Crippen molar-refractivity contribution in [2.24, 2.45) is 0 Å². The Labute approximate surface area is 232 Å². The third-order valence-electron chi connectivity index (χ3n) is 6.91. The number of hydrogen-bond acceptors (Lipinski definition) is 5. The minimum absolute atomic E-state index is 0.213. The predicted molar refractivity (Wildman–Crippen MR) is 154 cm³/mol. The van der Waals surface area contributed by atoms with Gasteiger partial charge < -0.3 is 29.0 Å². The normalized spacial score (nSPS) is 16.9. The maximum Gasteiger partial charge on any atom is 0.174 e. The second-order valence-electron chi connectivity index (χ2n) is 9.01. The first-order valence-electron chi connectivity index (χ1n) is 12.1. The van der Waals surface area contributed by atoms with Gasteiger partial charge in [-0.2, -0.15) is 0 Å². The summed E-state index contributed by atoms with van der Waals surface area (Å²) in [4.78, 5) is 6.78. The molecule has 0 aliphatic carbocycles. The van der Waals surface area contributed by atoms with Gasteiger partial charge in [0.05, 0.1) is 50.5 Å². The number of aryl methyl sites for hydroxylation is 1. The average molecular weight is 549 g/mol. The second-order valence-corrected chi connectivity index (χ2v) is 9.84. The van der Waals surface area contributed by atoms with Crippen LogP contribution >= 0.6 is 23.8 Å². The zero-order valence-corrected chi connectivity index (χ0v) is 23.4. The van der Waals surface area contributed by atoms with Crippen LogP contribution in [0.25, 0.3) is 5.69 Å². The number of hydrogen-bond donors (Lipinski definition) is 1. The van der Waals surface area contributed by atoms with E-state index >= 15 is 0 Å². The Bertz CT molecular complexity index is 1490. The van der Waals surface area contributed by atoms with E-state index in [-0.39, 0.29) is 12.1 Å². The van der Waals surface area contributed by atoms with Gasteiger partial charge in [0.2, 0.25) is 0 Å². The minimum atomic E-state index is -0.233. The molecule has 1 aliphatic rings. The van der Waals surface area contributed by atoms with Crippen LogP contribution in [0, 0.1) is 13.8 Å². The van der Waals surface area contributed by atoms with Gasteiger partial charge >= 0.3 is 0 Å². The van der Waals surface area contributed by atoms with Gasteiger partial charge in [0.1, 0.15) is 17.2 Å². The summed E-state index contributed by atoms with van der Waals surface area (Å²) in [5.41, 5.74) is 5.71. The van der Waals surface area contributed by atoms with Gasteiger partial charge in [-0.1, -0.05) is 17.7 Å². The number of thiocarbonyl (C=S) groups is 1.